The number of halogens is 1. The van der Waals surface area contributed by atoms with Gasteiger partial charge < -0.3 is 24.2 Å². The zero-order chi connectivity index (χ0) is 30.6. The van der Waals surface area contributed by atoms with Gasteiger partial charge in [-0.1, -0.05) is 11.6 Å². The smallest absolute Gasteiger partial charge is 0.307 e. The van der Waals surface area contributed by atoms with Crippen LogP contribution in [0, 0.1) is 6.92 Å². The van der Waals surface area contributed by atoms with E-state index in [-0.39, 0.29) is 6.42 Å². The van der Waals surface area contributed by atoms with Crippen LogP contribution < -0.4 is 9.64 Å². The Morgan fingerprint density at radius 1 is 1.12 bits per heavy atom. The zero-order valence-corrected chi connectivity index (χ0v) is 26.9. The number of carboxylic acids is 1. The largest absolute Gasteiger partial charge is 0.487 e. The van der Waals surface area contributed by atoms with Gasteiger partial charge >= 0.3 is 5.97 Å². The molecule has 0 aliphatic carbocycles. The summed E-state index contributed by atoms with van der Waals surface area (Å²) in [6, 6.07) is 9.72. The van der Waals surface area contributed by atoms with Gasteiger partial charge in [0, 0.05) is 72.7 Å². The lowest BCUT2D eigenvalue weighted by Crippen LogP contribution is -2.44. The highest BCUT2D eigenvalue weighted by molar-refractivity contribution is 7.22. The molecular formula is C33H36ClN5O3S. The molecule has 2 aromatic carbocycles. The molecule has 1 saturated heterocycles. The molecular weight excluding hydrogens is 582 g/mol. The van der Waals surface area contributed by atoms with Crippen molar-refractivity contribution in [2.24, 2.45) is 7.05 Å². The Morgan fingerprint density at radius 3 is 2.56 bits per heavy atom. The number of pyridine rings is 1. The Labute approximate surface area is 260 Å². The van der Waals surface area contributed by atoms with E-state index in [9.17, 15) is 9.90 Å². The second kappa shape index (κ2) is 11.1. The highest BCUT2D eigenvalue weighted by atomic mass is 35.5. The summed E-state index contributed by atoms with van der Waals surface area (Å²) in [4.78, 5) is 26.8. The quantitative estimate of drug-likeness (QED) is 0.219. The summed E-state index contributed by atoms with van der Waals surface area (Å²) in [7, 11) is 4.20. The van der Waals surface area contributed by atoms with Crippen molar-refractivity contribution >= 4 is 55.8 Å². The summed E-state index contributed by atoms with van der Waals surface area (Å²) in [5.74, 6) is -0.284. The minimum absolute atomic E-state index is 0.117. The van der Waals surface area contributed by atoms with Crippen LogP contribution in [0.3, 0.4) is 0 Å². The second-order valence-corrected chi connectivity index (χ2v) is 13.8. The standard InChI is InChI=1S/C33H36ClN5O3S/c1-19-13-25-30(29(23(19)16-28(40)41)22-8-7-21(34)15-27(22)42-33(2,3)4)43-32(36-25)20-14-24-26(18-38(6)31(24)35-17-20)39-11-9-37(5)10-12-39/h7-8,13-15,17-18H,9-12,16H2,1-6H3,(H,40,41). The molecule has 0 amide bonds. The van der Waals surface area contributed by atoms with Crippen LogP contribution in [0.2, 0.25) is 5.02 Å². The molecule has 224 valence electrons. The Morgan fingerprint density at radius 2 is 1.86 bits per heavy atom. The fourth-order valence-electron chi connectivity index (χ4n) is 5.80. The number of piperazine rings is 1. The summed E-state index contributed by atoms with van der Waals surface area (Å²) in [6.45, 7) is 11.9. The average Bonchev–Trinajstić information content (AvgIpc) is 3.49. The molecule has 4 heterocycles. The molecule has 0 saturated carbocycles. The average molecular weight is 618 g/mol. The first-order chi connectivity index (χ1) is 20.4. The molecule has 43 heavy (non-hydrogen) atoms. The van der Waals surface area contributed by atoms with Crippen LogP contribution in [-0.4, -0.2) is 69.3 Å². The van der Waals surface area contributed by atoms with E-state index in [1.165, 1.54) is 5.69 Å². The van der Waals surface area contributed by atoms with Crippen LogP contribution >= 0.6 is 22.9 Å². The van der Waals surface area contributed by atoms with Crippen molar-refractivity contribution in [1.29, 1.82) is 0 Å². The number of aromatic nitrogens is 3. The van der Waals surface area contributed by atoms with Crippen LogP contribution in [0.1, 0.15) is 31.9 Å². The number of thiazole rings is 1. The molecule has 1 aliphatic heterocycles. The van der Waals surface area contributed by atoms with Gasteiger partial charge in [-0.15, -0.1) is 11.3 Å². The molecule has 0 bridgehead atoms. The van der Waals surface area contributed by atoms with Crippen LogP contribution in [0.5, 0.6) is 5.75 Å². The Bertz CT molecular complexity index is 1860. The lowest BCUT2D eigenvalue weighted by molar-refractivity contribution is -0.136. The van der Waals surface area contributed by atoms with E-state index in [2.05, 4.69) is 33.7 Å². The summed E-state index contributed by atoms with van der Waals surface area (Å²) in [5, 5.41) is 12.4. The third-order valence-electron chi connectivity index (χ3n) is 7.85. The SMILES string of the molecule is Cc1cc2nc(-c3cnc4c(c3)c(N3CCN(C)CC3)cn4C)sc2c(-c2ccc(Cl)cc2OC(C)(C)C)c1CC(=O)O. The van der Waals surface area contributed by atoms with Crippen molar-refractivity contribution in [3.05, 3.63) is 58.9 Å². The molecule has 0 radical (unpaired) electrons. The van der Waals surface area contributed by atoms with E-state index in [0.717, 1.165) is 80.3 Å². The van der Waals surface area contributed by atoms with Gasteiger partial charge in [-0.25, -0.2) is 9.97 Å². The van der Waals surface area contributed by atoms with Gasteiger partial charge in [0.1, 0.15) is 22.0 Å². The van der Waals surface area contributed by atoms with Crippen molar-refractivity contribution < 1.29 is 14.6 Å². The van der Waals surface area contributed by atoms with Gasteiger partial charge in [-0.3, -0.25) is 4.79 Å². The topological polar surface area (TPSA) is 83.7 Å². The summed E-state index contributed by atoms with van der Waals surface area (Å²) >= 11 is 7.97. The van der Waals surface area contributed by atoms with Crippen molar-refractivity contribution in [2.45, 2.75) is 39.7 Å². The number of aryl methyl sites for hydroxylation is 2. The molecule has 0 spiro atoms. The molecule has 6 rings (SSSR count). The molecule has 8 nitrogen and oxygen atoms in total. The number of hydrogen-bond acceptors (Lipinski definition) is 7. The van der Waals surface area contributed by atoms with Crippen molar-refractivity contribution in [3.63, 3.8) is 0 Å². The minimum Gasteiger partial charge on any atom is -0.487 e. The van der Waals surface area contributed by atoms with Gasteiger partial charge in [0.2, 0.25) is 0 Å². The van der Waals surface area contributed by atoms with Crippen molar-refractivity contribution in [3.8, 4) is 27.4 Å². The monoisotopic (exact) mass is 617 g/mol. The summed E-state index contributed by atoms with van der Waals surface area (Å²) in [5.41, 5.74) is 6.62. The van der Waals surface area contributed by atoms with Crippen LogP contribution in [0.4, 0.5) is 5.69 Å². The number of benzene rings is 2. The third-order valence-corrected chi connectivity index (χ3v) is 9.22. The van der Waals surface area contributed by atoms with Crippen molar-refractivity contribution in [2.75, 3.05) is 38.1 Å². The number of aliphatic carboxylic acids is 1. The Hall–Kier alpha value is -3.66. The predicted molar refractivity (Wildman–Crippen MR) is 176 cm³/mol. The molecule has 0 atom stereocenters. The highest BCUT2D eigenvalue weighted by Crippen LogP contribution is 2.45. The number of rotatable bonds is 6. The molecule has 0 unspecified atom stereocenters. The van der Waals surface area contributed by atoms with E-state index < -0.39 is 11.6 Å². The van der Waals surface area contributed by atoms with Gasteiger partial charge in [-0.05, 0) is 76.2 Å². The number of likely N-dealkylation sites (N-methyl/N-ethyl adjacent to an activating group) is 1. The van der Waals surface area contributed by atoms with Gasteiger partial charge in [0.05, 0.1) is 22.3 Å². The Kier molecular flexibility index (Phi) is 7.61. The Balaban J connectivity index is 1.54. The van der Waals surface area contributed by atoms with Crippen LogP contribution in [0.25, 0.3) is 42.9 Å². The number of carboxylic acid groups (broad SMARTS) is 1. The normalized spacial score (nSPS) is 14.6. The number of carbonyl (C=O) groups is 1. The third kappa shape index (κ3) is 5.81. The molecule has 1 N–H and O–H groups in total. The van der Waals surface area contributed by atoms with Crippen molar-refractivity contribution in [1.82, 2.24) is 19.4 Å². The number of fused-ring (bicyclic) bond motifs is 2. The first-order valence-corrected chi connectivity index (χ1v) is 15.6. The fourth-order valence-corrected chi connectivity index (χ4v) is 7.07. The first kappa shape index (κ1) is 29.4. The molecule has 5 aromatic rings. The van der Waals surface area contributed by atoms with Gasteiger partial charge in [-0.2, -0.15) is 0 Å². The number of nitrogens with zero attached hydrogens (tertiary/aromatic N) is 5. The molecule has 10 heteroatoms. The second-order valence-electron chi connectivity index (χ2n) is 12.4. The molecule has 1 aliphatic rings. The van der Waals surface area contributed by atoms with E-state index in [4.69, 9.17) is 26.3 Å². The van der Waals surface area contributed by atoms with E-state index >= 15 is 0 Å². The summed E-state index contributed by atoms with van der Waals surface area (Å²) < 4.78 is 9.36. The highest BCUT2D eigenvalue weighted by Gasteiger charge is 2.25. The van der Waals surface area contributed by atoms with Gasteiger partial charge in [0.15, 0.2) is 0 Å². The summed E-state index contributed by atoms with van der Waals surface area (Å²) in [6.07, 6.45) is 3.94. The maximum absolute atomic E-state index is 12.1. The zero-order valence-electron chi connectivity index (χ0n) is 25.4. The van der Waals surface area contributed by atoms with Crippen LogP contribution in [0.15, 0.2) is 42.7 Å². The fraction of sp³-hybridized carbons (Fsp3) is 0.364. The van der Waals surface area contributed by atoms with E-state index in [0.29, 0.717) is 10.8 Å². The van der Waals surface area contributed by atoms with E-state index in [1.807, 2.05) is 59.1 Å². The predicted octanol–water partition coefficient (Wildman–Crippen LogP) is 7.04. The number of hydrogen-bond donors (Lipinski definition) is 1. The molecule has 3 aromatic heterocycles. The van der Waals surface area contributed by atoms with Gasteiger partial charge in [0.25, 0.3) is 0 Å². The number of ether oxygens (including phenoxy) is 1. The maximum atomic E-state index is 12.1. The molecule has 1 fully saturated rings. The number of anilines is 1. The lowest BCUT2D eigenvalue weighted by atomic mass is 9.92. The first-order valence-electron chi connectivity index (χ1n) is 14.4. The maximum Gasteiger partial charge on any atom is 0.307 e. The lowest BCUT2D eigenvalue weighted by Gasteiger charge is -2.33. The van der Waals surface area contributed by atoms with Crippen LogP contribution in [-0.2, 0) is 18.3 Å². The minimum atomic E-state index is -0.893. The van der Waals surface area contributed by atoms with E-state index in [1.54, 1.807) is 17.4 Å².